The van der Waals surface area contributed by atoms with Crippen LogP contribution in [0.1, 0.15) is 13.8 Å². The normalized spacial score (nSPS) is 19.4. The number of non-ortho nitro benzene ring substituents is 1. The summed E-state index contributed by atoms with van der Waals surface area (Å²) >= 11 is 1.24. The van der Waals surface area contributed by atoms with Crippen LogP contribution in [-0.4, -0.2) is 34.0 Å². The minimum absolute atomic E-state index is 0.0441. The van der Waals surface area contributed by atoms with Crippen LogP contribution >= 0.6 is 11.8 Å². The number of hydrogen-bond acceptors (Lipinski definition) is 7. The van der Waals surface area contributed by atoms with Crippen LogP contribution in [0.4, 0.5) is 17.1 Å². The number of likely N-dealkylation sites (N-methyl/N-ethyl adjacent to an activating group) is 1. The molecule has 1 saturated heterocycles. The van der Waals surface area contributed by atoms with Gasteiger partial charge in [-0.25, -0.2) is 4.99 Å². The lowest BCUT2D eigenvalue weighted by molar-refractivity contribution is -0.384. The number of rotatable bonds is 5. The Hall–Kier alpha value is -3.59. The van der Waals surface area contributed by atoms with Gasteiger partial charge >= 0.3 is 0 Å². The number of carbonyl (C=O) groups excluding carboxylic acids is 1. The molecule has 0 unspecified atom stereocenters. The fourth-order valence-electron chi connectivity index (χ4n) is 3.32. The minimum Gasteiger partial charge on any atom is -0.439 e. The molecule has 158 valence electrons. The molecule has 1 amide bonds. The number of benzene rings is 2. The Kier molecular flexibility index (Phi) is 5.77. The Bertz CT molecular complexity index is 1140. The summed E-state index contributed by atoms with van der Waals surface area (Å²) < 4.78 is 5.93. The van der Waals surface area contributed by atoms with Gasteiger partial charge in [0.1, 0.15) is 0 Å². The number of nitro benzene ring substituents is 1. The molecular formula is C22H20N4O4S. The van der Waals surface area contributed by atoms with Crippen molar-refractivity contribution in [3.63, 3.8) is 0 Å². The van der Waals surface area contributed by atoms with Crippen LogP contribution < -0.4 is 9.64 Å². The van der Waals surface area contributed by atoms with Gasteiger partial charge in [-0.1, -0.05) is 18.2 Å². The third-order valence-corrected chi connectivity index (χ3v) is 5.82. The SMILES string of the molecule is CCN1C(=O)/C(=C/C=C2/Oc3ccccc3N2CC)SC1=Nc1cccc([N+](=O)[O-])c1. The first-order valence-electron chi connectivity index (χ1n) is 9.81. The van der Waals surface area contributed by atoms with Crippen LogP contribution in [0.15, 0.2) is 76.5 Å². The molecule has 4 rings (SSSR count). The first-order chi connectivity index (χ1) is 15.0. The van der Waals surface area contributed by atoms with Gasteiger partial charge in [-0.15, -0.1) is 0 Å². The van der Waals surface area contributed by atoms with E-state index in [1.165, 1.54) is 23.9 Å². The van der Waals surface area contributed by atoms with Crippen molar-refractivity contribution >= 4 is 39.9 Å². The molecule has 2 heterocycles. The van der Waals surface area contributed by atoms with Crippen molar-refractivity contribution in [3.8, 4) is 5.75 Å². The number of thioether (sulfide) groups is 1. The highest BCUT2D eigenvalue weighted by atomic mass is 32.2. The number of fused-ring (bicyclic) bond motifs is 1. The standard InChI is InChI=1S/C22H20N4O4S/c1-3-24-17-10-5-6-11-18(17)30-20(24)13-12-19-21(27)25(4-2)22(31-19)23-15-8-7-9-16(14-15)26(28)29/h5-14H,3-4H2,1-2H3/b19-12-,20-13+,23-22?. The maximum absolute atomic E-state index is 12.9. The Balaban J connectivity index is 1.61. The molecule has 2 aromatic carbocycles. The number of carbonyl (C=O) groups is 1. The molecule has 31 heavy (non-hydrogen) atoms. The predicted octanol–water partition coefficient (Wildman–Crippen LogP) is 4.82. The molecular weight excluding hydrogens is 416 g/mol. The first kappa shape index (κ1) is 20.7. The maximum Gasteiger partial charge on any atom is 0.271 e. The van der Waals surface area contributed by atoms with E-state index in [0.29, 0.717) is 28.2 Å². The van der Waals surface area contributed by atoms with Gasteiger partial charge in [0.2, 0.25) is 5.88 Å². The molecule has 2 aliphatic heterocycles. The van der Waals surface area contributed by atoms with Crippen molar-refractivity contribution in [1.82, 2.24) is 4.90 Å². The summed E-state index contributed by atoms with van der Waals surface area (Å²) in [4.78, 5) is 32.0. The van der Waals surface area contributed by atoms with Gasteiger partial charge in [0, 0.05) is 31.3 Å². The van der Waals surface area contributed by atoms with Gasteiger partial charge < -0.3 is 9.64 Å². The highest BCUT2D eigenvalue weighted by molar-refractivity contribution is 8.18. The van der Waals surface area contributed by atoms with Gasteiger partial charge in [0.15, 0.2) is 10.9 Å². The summed E-state index contributed by atoms with van der Waals surface area (Å²) in [7, 11) is 0. The summed E-state index contributed by atoms with van der Waals surface area (Å²) in [6.45, 7) is 5.06. The third-order valence-electron chi connectivity index (χ3n) is 4.80. The largest absolute Gasteiger partial charge is 0.439 e. The second kappa shape index (κ2) is 8.65. The predicted molar refractivity (Wildman–Crippen MR) is 121 cm³/mol. The van der Waals surface area contributed by atoms with E-state index in [4.69, 9.17) is 4.74 Å². The fraction of sp³-hybridized carbons (Fsp3) is 0.182. The highest BCUT2D eigenvalue weighted by Crippen LogP contribution is 2.39. The molecule has 0 saturated carbocycles. The quantitative estimate of drug-likeness (QED) is 0.379. The fourth-order valence-corrected chi connectivity index (χ4v) is 4.32. The lowest BCUT2D eigenvalue weighted by atomic mass is 10.3. The average molecular weight is 436 g/mol. The number of aliphatic imine (C=N–C) groups is 1. The molecule has 2 aliphatic rings. The molecule has 0 radical (unpaired) electrons. The van der Waals surface area contributed by atoms with Crippen molar-refractivity contribution in [2.45, 2.75) is 13.8 Å². The number of para-hydroxylation sites is 2. The summed E-state index contributed by atoms with van der Waals surface area (Å²) in [5.74, 6) is 1.27. The van der Waals surface area contributed by atoms with Crippen molar-refractivity contribution in [2.24, 2.45) is 4.99 Å². The first-order valence-corrected chi connectivity index (χ1v) is 10.6. The summed E-state index contributed by atoms with van der Waals surface area (Å²) in [5, 5.41) is 11.5. The van der Waals surface area contributed by atoms with E-state index in [2.05, 4.69) is 4.99 Å². The molecule has 1 fully saturated rings. The van der Waals surface area contributed by atoms with E-state index in [1.807, 2.05) is 43.0 Å². The van der Waals surface area contributed by atoms with E-state index in [9.17, 15) is 14.9 Å². The van der Waals surface area contributed by atoms with Gasteiger partial charge in [-0.2, -0.15) is 0 Å². The molecule has 0 spiro atoms. The molecule has 0 bridgehead atoms. The zero-order valence-electron chi connectivity index (χ0n) is 17.0. The monoisotopic (exact) mass is 436 g/mol. The smallest absolute Gasteiger partial charge is 0.271 e. The molecule has 2 aromatic rings. The number of amidine groups is 1. The number of nitro groups is 1. The van der Waals surface area contributed by atoms with Crippen LogP contribution in [-0.2, 0) is 4.79 Å². The van der Waals surface area contributed by atoms with Crippen molar-refractivity contribution in [2.75, 3.05) is 18.0 Å². The zero-order valence-corrected chi connectivity index (χ0v) is 17.8. The lowest BCUT2D eigenvalue weighted by Gasteiger charge is -2.14. The highest BCUT2D eigenvalue weighted by Gasteiger charge is 2.32. The third kappa shape index (κ3) is 4.04. The van der Waals surface area contributed by atoms with Gasteiger partial charge in [0.25, 0.3) is 11.6 Å². The number of ether oxygens (including phenoxy) is 1. The molecule has 0 atom stereocenters. The second-order valence-electron chi connectivity index (χ2n) is 6.67. The van der Waals surface area contributed by atoms with Crippen LogP contribution in [0, 0.1) is 10.1 Å². The number of hydrogen-bond donors (Lipinski definition) is 0. The van der Waals surface area contributed by atoms with Gasteiger partial charge in [0.05, 0.1) is 21.2 Å². The minimum atomic E-state index is -0.467. The topological polar surface area (TPSA) is 88.3 Å². The number of anilines is 1. The molecule has 0 aliphatic carbocycles. The molecule has 0 aromatic heterocycles. The van der Waals surface area contributed by atoms with Crippen molar-refractivity contribution in [3.05, 3.63) is 81.6 Å². The lowest BCUT2D eigenvalue weighted by Crippen LogP contribution is -2.28. The number of amides is 1. The molecule has 8 nitrogen and oxygen atoms in total. The van der Waals surface area contributed by atoms with Gasteiger partial charge in [-0.3, -0.25) is 19.8 Å². The van der Waals surface area contributed by atoms with Gasteiger partial charge in [-0.05, 0) is 49.9 Å². The number of nitrogens with zero attached hydrogens (tertiary/aromatic N) is 4. The Morgan fingerprint density at radius 2 is 1.87 bits per heavy atom. The average Bonchev–Trinajstić information content (AvgIpc) is 3.28. The van der Waals surface area contributed by atoms with Crippen molar-refractivity contribution < 1.29 is 14.5 Å². The Morgan fingerprint density at radius 3 is 2.61 bits per heavy atom. The van der Waals surface area contributed by atoms with E-state index >= 15 is 0 Å². The van der Waals surface area contributed by atoms with E-state index in [-0.39, 0.29) is 11.6 Å². The van der Waals surface area contributed by atoms with Crippen LogP contribution in [0.5, 0.6) is 5.75 Å². The zero-order chi connectivity index (χ0) is 22.0. The molecule has 9 heteroatoms. The van der Waals surface area contributed by atoms with Crippen LogP contribution in [0.25, 0.3) is 0 Å². The summed E-state index contributed by atoms with van der Waals surface area (Å²) in [6.07, 6.45) is 3.52. The Morgan fingerprint density at radius 1 is 1.10 bits per heavy atom. The van der Waals surface area contributed by atoms with E-state index in [1.54, 1.807) is 29.2 Å². The maximum atomic E-state index is 12.9. The van der Waals surface area contributed by atoms with E-state index in [0.717, 1.165) is 18.0 Å². The Labute approximate surface area is 183 Å². The van der Waals surface area contributed by atoms with Crippen LogP contribution in [0.3, 0.4) is 0 Å². The van der Waals surface area contributed by atoms with Crippen LogP contribution in [0.2, 0.25) is 0 Å². The number of allylic oxidation sites excluding steroid dienone is 2. The van der Waals surface area contributed by atoms with E-state index < -0.39 is 4.92 Å². The summed E-state index contributed by atoms with van der Waals surface area (Å²) in [5.41, 5.74) is 1.37. The summed E-state index contributed by atoms with van der Waals surface area (Å²) in [6, 6.07) is 13.8. The van der Waals surface area contributed by atoms with Crippen molar-refractivity contribution in [1.29, 1.82) is 0 Å². The molecule has 0 N–H and O–H groups in total. The second-order valence-corrected chi connectivity index (χ2v) is 7.68.